The maximum atomic E-state index is 13.0. The van der Waals surface area contributed by atoms with Crippen molar-refractivity contribution in [3.05, 3.63) is 46.4 Å². The summed E-state index contributed by atoms with van der Waals surface area (Å²) in [4.78, 5) is 26.8. The number of nitrogens with one attached hydrogen (secondary N) is 1. The zero-order valence-electron chi connectivity index (χ0n) is 18.0. The summed E-state index contributed by atoms with van der Waals surface area (Å²) in [5.74, 6) is 2.62. The van der Waals surface area contributed by atoms with E-state index in [9.17, 15) is 4.79 Å². The number of para-hydroxylation sites is 1. The highest BCUT2D eigenvalue weighted by atomic mass is 16.2. The first-order valence-electron chi connectivity index (χ1n) is 10.7. The number of nitrogens with zero attached hydrogens (tertiary/aromatic N) is 4. The molecule has 0 unspecified atom stereocenters. The molecule has 2 aliphatic heterocycles. The molecule has 2 amide bonds. The van der Waals surface area contributed by atoms with Crippen molar-refractivity contribution in [2.24, 2.45) is 5.92 Å². The van der Waals surface area contributed by atoms with Crippen molar-refractivity contribution in [1.29, 1.82) is 0 Å². The molecule has 29 heavy (non-hydrogen) atoms. The van der Waals surface area contributed by atoms with E-state index in [0.29, 0.717) is 13.1 Å². The van der Waals surface area contributed by atoms with Gasteiger partial charge < -0.3 is 15.1 Å². The average Bonchev–Trinajstić information content (AvgIpc) is 2.70. The van der Waals surface area contributed by atoms with Gasteiger partial charge in [0.25, 0.3) is 0 Å². The van der Waals surface area contributed by atoms with Gasteiger partial charge in [-0.1, -0.05) is 25.1 Å². The molecule has 1 saturated heterocycles. The monoisotopic (exact) mass is 393 g/mol. The number of benzene rings is 1. The van der Waals surface area contributed by atoms with Crippen LogP contribution in [0, 0.1) is 26.7 Å². The van der Waals surface area contributed by atoms with Crippen molar-refractivity contribution >= 4 is 17.5 Å². The van der Waals surface area contributed by atoms with Gasteiger partial charge in [-0.15, -0.1) is 0 Å². The van der Waals surface area contributed by atoms with Crippen LogP contribution < -0.4 is 10.2 Å². The minimum absolute atomic E-state index is 0.0492. The van der Waals surface area contributed by atoms with E-state index in [1.165, 1.54) is 12.8 Å². The van der Waals surface area contributed by atoms with E-state index in [2.05, 4.69) is 17.1 Å². The molecule has 1 N–H and O–H groups in total. The first-order valence-corrected chi connectivity index (χ1v) is 10.7. The first-order chi connectivity index (χ1) is 13.9. The Balaban J connectivity index is 1.56. The van der Waals surface area contributed by atoms with Gasteiger partial charge in [0, 0.05) is 37.3 Å². The summed E-state index contributed by atoms with van der Waals surface area (Å²) >= 11 is 0. The Labute approximate surface area is 173 Å². The van der Waals surface area contributed by atoms with E-state index < -0.39 is 0 Å². The molecule has 0 spiro atoms. The molecule has 1 fully saturated rings. The minimum atomic E-state index is -0.0492. The second-order valence-electron chi connectivity index (χ2n) is 8.56. The molecule has 0 saturated carbocycles. The maximum Gasteiger partial charge on any atom is 0.322 e. The van der Waals surface area contributed by atoms with Gasteiger partial charge in [-0.05, 0) is 50.7 Å². The number of carbonyl (C=O) groups excluding carboxylic acids is 1. The number of aryl methyl sites for hydroxylation is 3. The summed E-state index contributed by atoms with van der Waals surface area (Å²) in [6, 6.07) is 6.02. The van der Waals surface area contributed by atoms with E-state index >= 15 is 0 Å². The highest BCUT2D eigenvalue weighted by Gasteiger charge is 2.28. The quantitative estimate of drug-likeness (QED) is 0.829. The summed E-state index contributed by atoms with van der Waals surface area (Å²) in [5.41, 5.74) is 5.29. The molecule has 0 bridgehead atoms. The van der Waals surface area contributed by atoms with E-state index in [-0.39, 0.29) is 6.03 Å². The smallest absolute Gasteiger partial charge is 0.322 e. The van der Waals surface area contributed by atoms with E-state index in [4.69, 9.17) is 9.97 Å². The lowest BCUT2D eigenvalue weighted by atomic mass is 9.98. The zero-order chi connectivity index (χ0) is 20.5. The van der Waals surface area contributed by atoms with Gasteiger partial charge in [0.05, 0.1) is 12.2 Å². The van der Waals surface area contributed by atoms with Crippen LogP contribution in [0.25, 0.3) is 0 Å². The number of fused-ring (bicyclic) bond motifs is 1. The lowest BCUT2D eigenvalue weighted by Gasteiger charge is -2.36. The zero-order valence-corrected chi connectivity index (χ0v) is 18.0. The molecule has 4 rings (SSSR count). The Hall–Kier alpha value is -2.63. The standard InChI is InChI=1S/C23H31N5O/c1-15-8-11-27(12-9-15)22-19-14-28(13-10-20(19)24-18(4)25-22)23(29)26-21-16(2)6-5-7-17(21)3/h5-7,15H,8-14H2,1-4H3,(H,26,29). The van der Waals surface area contributed by atoms with Gasteiger partial charge in [-0.2, -0.15) is 0 Å². The number of rotatable bonds is 2. The highest BCUT2D eigenvalue weighted by Crippen LogP contribution is 2.30. The number of hydrogen-bond acceptors (Lipinski definition) is 4. The lowest BCUT2D eigenvalue weighted by molar-refractivity contribution is 0.205. The topological polar surface area (TPSA) is 61.4 Å². The Bertz CT molecular complexity index is 897. The molecule has 0 aliphatic carbocycles. The number of carbonyl (C=O) groups is 1. The molecule has 154 valence electrons. The average molecular weight is 394 g/mol. The molecule has 3 heterocycles. The van der Waals surface area contributed by atoms with Crippen LogP contribution in [0.1, 0.15) is 48.0 Å². The molecule has 0 radical (unpaired) electrons. The van der Waals surface area contributed by atoms with Gasteiger partial charge in [0.1, 0.15) is 11.6 Å². The Morgan fingerprint density at radius 3 is 2.45 bits per heavy atom. The van der Waals surface area contributed by atoms with Crippen molar-refractivity contribution in [3.8, 4) is 0 Å². The van der Waals surface area contributed by atoms with Crippen LogP contribution in [0.5, 0.6) is 0 Å². The summed E-state index contributed by atoms with van der Waals surface area (Å²) < 4.78 is 0. The second-order valence-corrected chi connectivity index (χ2v) is 8.56. The van der Waals surface area contributed by atoms with Crippen molar-refractivity contribution in [2.45, 2.75) is 53.5 Å². The van der Waals surface area contributed by atoms with Crippen molar-refractivity contribution in [2.75, 3.05) is 29.9 Å². The van der Waals surface area contributed by atoms with Crippen LogP contribution in [-0.4, -0.2) is 40.5 Å². The third-order valence-corrected chi connectivity index (χ3v) is 6.23. The minimum Gasteiger partial charge on any atom is -0.356 e. The molecule has 1 aromatic heterocycles. The normalized spacial score (nSPS) is 17.2. The highest BCUT2D eigenvalue weighted by molar-refractivity contribution is 5.91. The predicted molar refractivity (Wildman–Crippen MR) is 116 cm³/mol. The fourth-order valence-corrected chi connectivity index (χ4v) is 4.37. The molecular formula is C23H31N5O. The number of hydrogen-bond donors (Lipinski definition) is 1. The van der Waals surface area contributed by atoms with Crippen LogP contribution in [0.15, 0.2) is 18.2 Å². The molecule has 2 aromatic rings. The largest absolute Gasteiger partial charge is 0.356 e. The van der Waals surface area contributed by atoms with E-state index in [0.717, 1.165) is 65.1 Å². The van der Waals surface area contributed by atoms with Crippen LogP contribution in [0.2, 0.25) is 0 Å². The molecule has 6 heteroatoms. The number of piperidine rings is 1. The lowest BCUT2D eigenvalue weighted by Crippen LogP contribution is -2.41. The number of aromatic nitrogens is 2. The van der Waals surface area contributed by atoms with E-state index in [1.807, 2.05) is 43.9 Å². The van der Waals surface area contributed by atoms with Crippen LogP contribution in [-0.2, 0) is 13.0 Å². The fraction of sp³-hybridized carbons (Fsp3) is 0.522. The SMILES string of the molecule is Cc1nc2c(c(N3CCC(C)CC3)n1)CN(C(=O)Nc1c(C)cccc1C)CC2. The van der Waals surface area contributed by atoms with Crippen molar-refractivity contribution in [1.82, 2.24) is 14.9 Å². The summed E-state index contributed by atoms with van der Waals surface area (Å²) in [5, 5.41) is 3.13. The Kier molecular flexibility index (Phi) is 5.43. The number of anilines is 2. The van der Waals surface area contributed by atoms with Gasteiger partial charge in [0.15, 0.2) is 0 Å². The van der Waals surface area contributed by atoms with Gasteiger partial charge in [0.2, 0.25) is 0 Å². The van der Waals surface area contributed by atoms with E-state index in [1.54, 1.807) is 0 Å². The summed E-state index contributed by atoms with van der Waals surface area (Å²) in [6.45, 7) is 11.6. The molecule has 6 nitrogen and oxygen atoms in total. The molecule has 0 atom stereocenters. The third kappa shape index (κ3) is 4.07. The first kappa shape index (κ1) is 19.7. The predicted octanol–water partition coefficient (Wildman–Crippen LogP) is 4.23. The Morgan fingerprint density at radius 2 is 1.76 bits per heavy atom. The molecule has 1 aromatic carbocycles. The van der Waals surface area contributed by atoms with Crippen molar-refractivity contribution < 1.29 is 4.79 Å². The Morgan fingerprint density at radius 1 is 1.07 bits per heavy atom. The number of amides is 2. The second kappa shape index (κ2) is 8.01. The summed E-state index contributed by atoms with van der Waals surface area (Å²) in [6.07, 6.45) is 3.15. The molecular weight excluding hydrogens is 362 g/mol. The van der Waals surface area contributed by atoms with Crippen LogP contribution >= 0.6 is 0 Å². The van der Waals surface area contributed by atoms with Crippen molar-refractivity contribution in [3.63, 3.8) is 0 Å². The fourth-order valence-electron chi connectivity index (χ4n) is 4.37. The van der Waals surface area contributed by atoms with Crippen LogP contribution in [0.3, 0.4) is 0 Å². The van der Waals surface area contributed by atoms with Gasteiger partial charge in [-0.3, -0.25) is 0 Å². The third-order valence-electron chi connectivity index (χ3n) is 6.23. The maximum absolute atomic E-state index is 13.0. The van der Waals surface area contributed by atoms with Gasteiger partial charge >= 0.3 is 6.03 Å². The van der Waals surface area contributed by atoms with Gasteiger partial charge in [-0.25, -0.2) is 14.8 Å². The molecule has 2 aliphatic rings. The van der Waals surface area contributed by atoms with Crippen LogP contribution in [0.4, 0.5) is 16.3 Å². The summed E-state index contributed by atoms with van der Waals surface area (Å²) in [7, 11) is 0. The number of urea groups is 1.